The number of amides is 1. The van der Waals surface area contributed by atoms with Crippen LogP contribution in [0, 0.1) is 0 Å². The second-order valence-corrected chi connectivity index (χ2v) is 4.98. The number of carbonyl (C=O) groups is 1. The fraction of sp³-hybridized carbons (Fsp3) is 0.188. The number of hydrogen-bond acceptors (Lipinski definition) is 2. The van der Waals surface area contributed by atoms with E-state index in [1.54, 1.807) is 12.1 Å². The largest absolute Gasteiger partial charge is 0.493 e. The zero-order chi connectivity index (χ0) is 13.9. The normalized spacial score (nSPS) is 12.7. The number of ether oxygens (including phenoxy) is 1. The highest BCUT2D eigenvalue weighted by atomic mass is 35.5. The SMILES string of the molecule is O=C(Nc1ccc2c(c1)CCO2)c1cccc(CCl)c1. The van der Waals surface area contributed by atoms with Crippen molar-refractivity contribution in [1.82, 2.24) is 0 Å². The molecule has 0 unspecified atom stereocenters. The molecular formula is C16H14ClNO2. The second kappa shape index (κ2) is 5.55. The molecule has 1 heterocycles. The van der Waals surface area contributed by atoms with Crippen molar-refractivity contribution in [2.45, 2.75) is 12.3 Å². The van der Waals surface area contributed by atoms with E-state index < -0.39 is 0 Å². The number of rotatable bonds is 3. The third kappa shape index (κ3) is 2.63. The quantitative estimate of drug-likeness (QED) is 0.876. The lowest BCUT2D eigenvalue weighted by Crippen LogP contribution is -2.12. The first-order valence-electron chi connectivity index (χ1n) is 6.48. The molecule has 3 nitrogen and oxygen atoms in total. The first kappa shape index (κ1) is 13.0. The van der Waals surface area contributed by atoms with E-state index in [0.717, 1.165) is 29.0 Å². The number of benzene rings is 2. The third-order valence-corrected chi connectivity index (χ3v) is 3.60. The summed E-state index contributed by atoms with van der Waals surface area (Å²) in [6, 6.07) is 13.0. The maximum Gasteiger partial charge on any atom is 0.255 e. The number of fused-ring (bicyclic) bond motifs is 1. The molecule has 20 heavy (non-hydrogen) atoms. The van der Waals surface area contributed by atoms with Gasteiger partial charge >= 0.3 is 0 Å². The summed E-state index contributed by atoms with van der Waals surface area (Å²) in [5.74, 6) is 1.18. The number of halogens is 1. The fourth-order valence-electron chi connectivity index (χ4n) is 2.26. The van der Waals surface area contributed by atoms with E-state index in [9.17, 15) is 4.79 Å². The van der Waals surface area contributed by atoms with Gasteiger partial charge in [-0.15, -0.1) is 11.6 Å². The Morgan fingerprint density at radius 3 is 3.00 bits per heavy atom. The average molecular weight is 288 g/mol. The van der Waals surface area contributed by atoms with Crippen LogP contribution in [0.15, 0.2) is 42.5 Å². The zero-order valence-corrected chi connectivity index (χ0v) is 11.6. The first-order valence-corrected chi connectivity index (χ1v) is 7.02. The van der Waals surface area contributed by atoms with E-state index in [4.69, 9.17) is 16.3 Å². The minimum absolute atomic E-state index is 0.129. The molecule has 1 aliphatic heterocycles. The summed E-state index contributed by atoms with van der Waals surface area (Å²) in [5.41, 5.74) is 3.47. The zero-order valence-electron chi connectivity index (χ0n) is 10.9. The lowest BCUT2D eigenvalue weighted by molar-refractivity contribution is 0.102. The smallest absolute Gasteiger partial charge is 0.255 e. The highest BCUT2D eigenvalue weighted by Gasteiger charge is 2.13. The highest BCUT2D eigenvalue weighted by Crippen LogP contribution is 2.28. The van der Waals surface area contributed by atoms with Crippen LogP contribution in [0.2, 0.25) is 0 Å². The summed E-state index contributed by atoms with van der Waals surface area (Å²) in [6.07, 6.45) is 0.890. The Labute approximate surface area is 122 Å². The second-order valence-electron chi connectivity index (χ2n) is 4.71. The van der Waals surface area contributed by atoms with E-state index >= 15 is 0 Å². The molecule has 2 aromatic rings. The minimum Gasteiger partial charge on any atom is -0.493 e. The Balaban J connectivity index is 1.78. The molecule has 0 fully saturated rings. The Morgan fingerprint density at radius 1 is 1.25 bits per heavy atom. The summed E-state index contributed by atoms with van der Waals surface area (Å²) in [7, 11) is 0. The van der Waals surface area contributed by atoms with Gasteiger partial charge in [-0.1, -0.05) is 12.1 Å². The molecule has 3 rings (SSSR count). The summed E-state index contributed by atoms with van der Waals surface area (Å²) in [6.45, 7) is 0.713. The van der Waals surface area contributed by atoms with Gasteiger partial charge in [-0.25, -0.2) is 0 Å². The topological polar surface area (TPSA) is 38.3 Å². The standard InChI is InChI=1S/C16H14ClNO2/c17-10-11-2-1-3-13(8-11)16(19)18-14-4-5-15-12(9-14)6-7-20-15/h1-5,8-9H,6-7,10H2,(H,18,19). The van der Waals surface area contributed by atoms with Crippen molar-refractivity contribution in [2.75, 3.05) is 11.9 Å². The van der Waals surface area contributed by atoms with Gasteiger partial charge in [0.2, 0.25) is 0 Å². The molecule has 1 amide bonds. The number of nitrogens with one attached hydrogen (secondary N) is 1. The maximum absolute atomic E-state index is 12.2. The molecule has 4 heteroatoms. The highest BCUT2D eigenvalue weighted by molar-refractivity contribution is 6.17. The van der Waals surface area contributed by atoms with Crippen LogP contribution < -0.4 is 10.1 Å². The van der Waals surface area contributed by atoms with Crippen molar-refractivity contribution < 1.29 is 9.53 Å². The van der Waals surface area contributed by atoms with Gasteiger partial charge < -0.3 is 10.1 Å². The van der Waals surface area contributed by atoms with E-state index in [1.165, 1.54) is 0 Å². The third-order valence-electron chi connectivity index (χ3n) is 3.29. The van der Waals surface area contributed by atoms with Crippen molar-refractivity contribution in [1.29, 1.82) is 0 Å². The van der Waals surface area contributed by atoms with Gasteiger partial charge in [-0.05, 0) is 41.5 Å². The summed E-state index contributed by atoms with van der Waals surface area (Å²) >= 11 is 5.78. The molecule has 0 bridgehead atoms. The molecule has 0 saturated carbocycles. The van der Waals surface area contributed by atoms with Crippen molar-refractivity contribution in [3.63, 3.8) is 0 Å². The number of carbonyl (C=O) groups excluding carboxylic acids is 1. The van der Waals surface area contributed by atoms with E-state index in [0.29, 0.717) is 18.1 Å². The molecule has 0 spiro atoms. The van der Waals surface area contributed by atoms with E-state index in [2.05, 4.69) is 5.32 Å². The van der Waals surface area contributed by atoms with Crippen molar-refractivity contribution in [2.24, 2.45) is 0 Å². The molecule has 0 radical (unpaired) electrons. The van der Waals surface area contributed by atoms with Crippen LogP contribution in [0.1, 0.15) is 21.5 Å². The first-order chi connectivity index (χ1) is 9.76. The molecule has 2 aromatic carbocycles. The van der Waals surface area contributed by atoms with E-state index in [1.807, 2.05) is 30.3 Å². The lowest BCUT2D eigenvalue weighted by atomic mass is 10.1. The van der Waals surface area contributed by atoms with Gasteiger partial charge in [0.25, 0.3) is 5.91 Å². The van der Waals surface area contributed by atoms with Crippen molar-refractivity contribution >= 4 is 23.2 Å². The Hall–Kier alpha value is -2.00. The van der Waals surface area contributed by atoms with E-state index in [-0.39, 0.29) is 5.91 Å². The van der Waals surface area contributed by atoms with Crippen LogP contribution in [-0.2, 0) is 12.3 Å². The van der Waals surface area contributed by atoms with Gasteiger partial charge in [0.05, 0.1) is 6.61 Å². The predicted octanol–water partition coefficient (Wildman–Crippen LogP) is 3.61. The maximum atomic E-state index is 12.2. The van der Waals surface area contributed by atoms with Crippen LogP contribution in [0.25, 0.3) is 0 Å². The predicted molar refractivity (Wildman–Crippen MR) is 79.6 cm³/mol. The summed E-state index contributed by atoms with van der Waals surface area (Å²) in [4.78, 5) is 12.2. The van der Waals surface area contributed by atoms with Crippen LogP contribution >= 0.6 is 11.6 Å². The number of anilines is 1. The van der Waals surface area contributed by atoms with Gasteiger partial charge in [-0.2, -0.15) is 0 Å². The monoisotopic (exact) mass is 287 g/mol. The minimum atomic E-state index is -0.129. The Bertz CT molecular complexity index is 655. The van der Waals surface area contributed by atoms with Crippen LogP contribution in [0.4, 0.5) is 5.69 Å². The lowest BCUT2D eigenvalue weighted by Gasteiger charge is -2.07. The van der Waals surface area contributed by atoms with Crippen molar-refractivity contribution in [3.05, 3.63) is 59.2 Å². The number of alkyl halides is 1. The molecular weight excluding hydrogens is 274 g/mol. The molecule has 0 aromatic heterocycles. The van der Waals surface area contributed by atoms with Gasteiger partial charge in [0.1, 0.15) is 5.75 Å². The van der Waals surface area contributed by atoms with Crippen LogP contribution in [0.5, 0.6) is 5.75 Å². The Morgan fingerprint density at radius 2 is 2.15 bits per heavy atom. The van der Waals surface area contributed by atoms with Crippen molar-refractivity contribution in [3.8, 4) is 5.75 Å². The summed E-state index contributed by atoms with van der Waals surface area (Å²) < 4.78 is 5.45. The molecule has 0 aliphatic carbocycles. The molecule has 0 atom stereocenters. The van der Waals surface area contributed by atoms with Crippen LogP contribution in [-0.4, -0.2) is 12.5 Å². The molecule has 102 valence electrons. The van der Waals surface area contributed by atoms with Gasteiger partial charge in [-0.3, -0.25) is 4.79 Å². The van der Waals surface area contributed by atoms with Gasteiger partial charge in [0.15, 0.2) is 0 Å². The van der Waals surface area contributed by atoms with Crippen LogP contribution in [0.3, 0.4) is 0 Å². The molecule has 0 saturated heterocycles. The molecule has 1 N–H and O–H groups in total. The fourth-order valence-corrected chi connectivity index (χ4v) is 2.43. The number of hydrogen-bond donors (Lipinski definition) is 1. The van der Waals surface area contributed by atoms with Gasteiger partial charge in [0, 0.05) is 23.6 Å². The molecule has 1 aliphatic rings. The average Bonchev–Trinajstić information content (AvgIpc) is 2.95. The summed E-state index contributed by atoms with van der Waals surface area (Å²) in [5, 5.41) is 2.90. The Kier molecular flexibility index (Phi) is 3.61.